The minimum atomic E-state index is 0.423. The van der Waals surface area contributed by atoms with Crippen molar-refractivity contribution in [3.8, 4) is 11.5 Å². The van der Waals surface area contributed by atoms with Gasteiger partial charge in [0.25, 0.3) is 0 Å². The van der Waals surface area contributed by atoms with Crippen molar-refractivity contribution in [2.45, 2.75) is 38.0 Å². The zero-order valence-corrected chi connectivity index (χ0v) is 11.6. The van der Waals surface area contributed by atoms with Gasteiger partial charge in [-0.25, -0.2) is 0 Å². The van der Waals surface area contributed by atoms with Gasteiger partial charge in [-0.15, -0.1) is 0 Å². The van der Waals surface area contributed by atoms with E-state index in [0.717, 1.165) is 37.0 Å². The SMILES string of the molecule is c1cc(CNC2CCOC2C2CC2)c2c(c1)OCCO2. The number of para-hydroxylation sites is 1. The largest absolute Gasteiger partial charge is 0.486 e. The quantitative estimate of drug-likeness (QED) is 0.913. The summed E-state index contributed by atoms with van der Waals surface area (Å²) < 4.78 is 17.3. The second-order valence-corrected chi connectivity index (χ2v) is 5.89. The molecule has 1 aliphatic carbocycles. The molecule has 4 heteroatoms. The van der Waals surface area contributed by atoms with Gasteiger partial charge in [-0.3, -0.25) is 0 Å². The van der Waals surface area contributed by atoms with Crippen LogP contribution in [0.5, 0.6) is 11.5 Å². The third kappa shape index (κ3) is 2.38. The lowest BCUT2D eigenvalue weighted by molar-refractivity contribution is 0.0807. The highest BCUT2D eigenvalue weighted by Gasteiger charge is 2.40. The van der Waals surface area contributed by atoms with Gasteiger partial charge >= 0.3 is 0 Å². The summed E-state index contributed by atoms with van der Waals surface area (Å²) in [5.41, 5.74) is 1.18. The van der Waals surface area contributed by atoms with Gasteiger partial charge < -0.3 is 19.5 Å². The molecule has 1 saturated heterocycles. The lowest BCUT2D eigenvalue weighted by Gasteiger charge is -2.23. The topological polar surface area (TPSA) is 39.7 Å². The Balaban J connectivity index is 1.44. The van der Waals surface area contributed by atoms with Gasteiger partial charge in [-0.05, 0) is 31.2 Å². The van der Waals surface area contributed by atoms with Crippen molar-refractivity contribution in [1.82, 2.24) is 5.32 Å². The zero-order chi connectivity index (χ0) is 13.4. The maximum absolute atomic E-state index is 5.87. The summed E-state index contributed by atoms with van der Waals surface area (Å²) in [6.07, 6.45) is 4.21. The molecule has 2 heterocycles. The molecule has 1 N–H and O–H groups in total. The average molecular weight is 275 g/mol. The third-order valence-corrected chi connectivity index (χ3v) is 4.42. The second kappa shape index (κ2) is 5.26. The highest BCUT2D eigenvalue weighted by Crippen LogP contribution is 2.39. The normalized spacial score (nSPS) is 28.6. The Kier molecular flexibility index (Phi) is 3.28. The number of hydrogen-bond acceptors (Lipinski definition) is 4. The van der Waals surface area contributed by atoms with Crippen molar-refractivity contribution >= 4 is 0 Å². The molecule has 2 fully saturated rings. The lowest BCUT2D eigenvalue weighted by atomic mass is 10.1. The van der Waals surface area contributed by atoms with Crippen LogP contribution >= 0.6 is 0 Å². The van der Waals surface area contributed by atoms with E-state index < -0.39 is 0 Å². The summed E-state index contributed by atoms with van der Waals surface area (Å²) in [6.45, 7) is 3.00. The molecule has 0 radical (unpaired) electrons. The van der Waals surface area contributed by atoms with Crippen LogP contribution < -0.4 is 14.8 Å². The van der Waals surface area contributed by atoms with Crippen molar-refractivity contribution in [1.29, 1.82) is 0 Å². The van der Waals surface area contributed by atoms with E-state index in [9.17, 15) is 0 Å². The molecule has 0 amide bonds. The molecular weight excluding hydrogens is 254 g/mol. The number of ether oxygens (including phenoxy) is 3. The zero-order valence-electron chi connectivity index (χ0n) is 11.6. The van der Waals surface area contributed by atoms with Crippen LogP contribution in [0.3, 0.4) is 0 Å². The predicted molar refractivity (Wildman–Crippen MR) is 75.1 cm³/mol. The number of hydrogen-bond donors (Lipinski definition) is 1. The Hall–Kier alpha value is -1.26. The first-order valence-electron chi connectivity index (χ1n) is 7.64. The van der Waals surface area contributed by atoms with Crippen LogP contribution in [-0.2, 0) is 11.3 Å². The molecule has 0 bridgehead atoms. The van der Waals surface area contributed by atoms with Crippen molar-refractivity contribution in [3.05, 3.63) is 23.8 Å². The molecule has 1 aromatic carbocycles. The van der Waals surface area contributed by atoms with Crippen molar-refractivity contribution < 1.29 is 14.2 Å². The molecule has 1 saturated carbocycles. The summed E-state index contributed by atoms with van der Waals surface area (Å²) in [6, 6.07) is 6.61. The highest BCUT2D eigenvalue weighted by atomic mass is 16.6. The van der Waals surface area contributed by atoms with Crippen LogP contribution in [0.25, 0.3) is 0 Å². The van der Waals surface area contributed by atoms with Crippen LogP contribution in [0.2, 0.25) is 0 Å². The fourth-order valence-electron chi connectivity index (χ4n) is 3.23. The van der Waals surface area contributed by atoms with Crippen LogP contribution in [0.15, 0.2) is 18.2 Å². The summed E-state index contributed by atoms with van der Waals surface area (Å²) in [4.78, 5) is 0. The van der Waals surface area contributed by atoms with Crippen molar-refractivity contribution in [2.75, 3.05) is 19.8 Å². The van der Waals surface area contributed by atoms with E-state index >= 15 is 0 Å². The Morgan fingerprint density at radius 1 is 1.05 bits per heavy atom. The van der Waals surface area contributed by atoms with Crippen LogP contribution in [0, 0.1) is 5.92 Å². The fourth-order valence-corrected chi connectivity index (χ4v) is 3.23. The van der Waals surface area contributed by atoms with Gasteiger partial charge in [0.05, 0.1) is 6.10 Å². The number of nitrogens with one attached hydrogen (secondary N) is 1. The summed E-state index contributed by atoms with van der Waals surface area (Å²) in [5, 5.41) is 3.66. The molecule has 4 rings (SSSR count). The molecule has 0 aromatic heterocycles. The Morgan fingerprint density at radius 2 is 1.95 bits per heavy atom. The van der Waals surface area contributed by atoms with Gasteiger partial charge in [0, 0.05) is 24.8 Å². The van der Waals surface area contributed by atoms with E-state index in [1.165, 1.54) is 18.4 Å². The molecule has 4 nitrogen and oxygen atoms in total. The molecule has 2 unspecified atom stereocenters. The van der Waals surface area contributed by atoms with E-state index in [1.807, 2.05) is 12.1 Å². The van der Waals surface area contributed by atoms with Crippen molar-refractivity contribution in [2.24, 2.45) is 5.92 Å². The summed E-state index contributed by atoms with van der Waals surface area (Å²) >= 11 is 0. The molecule has 108 valence electrons. The minimum absolute atomic E-state index is 0.423. The van der Waals surface area contributed by atoms with Crippen molar-refractivity contribution in [3.63, 3.8) is 0 Å². The van der Waals surface area contributed by atoms with Gasteiger partial charge in [0.2, 0.25) is 0 Å². The first kappa shape index (κ1) is 12.5. The molecule has 0 spiro atoms. The number of benzene rings is 1. The molecule has 2 aliphatic heterocycles. The van der Waals surface area contributed by atoms with E-state index in [1.54, 1.807) is 0 Å². The van der Waals surface area contributed by atoms with Crippen LogP contribution in [0.4, 0.5) is 0 Å². The maximum atomic E-state index is 5.87. The second-order valence-electron chi connectivity index (χ2n) is 5.89. The maximum Gasteiger partial charge on any atom is 0.165 e. The molecule has 3 aliphatic rings. The van der Waals surface area contributed by atoms with Crippen LogP contribution in [0.1, 0.15) is 24.8 Å². The fraction of sp³-hybridized carbons (Fsp3) is 0.625. The van der Waals surface area contributed by atoms with E-state index in [0.29, 0.717) is 25.4 Å². The Morgan fingerprint density at radius 3 is 2.85 bits per heavy atom. The Bertz CT molecular complexity index is 487. The molecular formula is C16H21NO3. The number of rotatable bonds is 4. The molecule has 20 heavy (non-hydrogen) atoms. The minimum Gasteiger partial charge on any atom is -0.486 e. The van der Waals surface area contributed by atoms with Gasteiger partial charge in [0.15, 0.2) is 11.5 Å². The third-order valence-electron chi connectivity index (χ3n) is 4.42. The summed E-state index contributed by atoms with van der Waals surface area (Å²) in [5.74, 6) is 2.57. The Labute approximate surface area is 119 Å². The molecule has 1 aromatic rings. The van der Waals surface area contributed by atoms with Gasteiger partial charge in [0.1, 0.15) is 13.2 Å². The lowest BCUT2D eigenvalue weighted by Crippen LogP contribution is -2.37. The monoisotopic (exact) mass is 275 g/mol. The first-order chi connectivity index (χ1) is 9.92. The smallest absolute Gasteiger partial charge is 0.165 e. The van der Waals surface area contributed by atoms with Gasteiger partial charge in [-0.2, -0.15) is 0 Å². The first-order valence-corrected chi connectivity index (χ1v) is 7.64. The summed E-state index contributed by atoms with van der Waals surface area (Å²) in [7, 11) is 0. The van der Waals surface area contributed by atoms with Crippen LogP contribution in [-0.4, -0.2) is 32.0 Å². The van der Waals surface area contributed by atoms with E-state index in [-0.39, 0.29) is 0 Å². The molecule has 2 atom stereocenters. The van der Waals surface area contributed by atoms with E-state index in [4.69, 9.17) is 14.2 Å². The number of fused-ring (bicyclic) bond motifs is 1. The van der Waals surface area contributed by atoms with E-state index in [2.05, 4.69) is 11.4 Å². The van der Waals surface area contributed by atoms with Gasteiger partial charge in [-0.1, -0.05) is 12.1 Å². The highest BCUT2D eigenvalue weighted by molar-refractivity contribution is 5.47. The standard InChI is InChI=1S/C16H21NO3/c1-2-12(16-14(3-1)18-8-9-20-16)10-17-13-6-7-19-15(13)11-4-5-11/h1-3,11,13,15,17H,4-10H2. The average Bonchev–Trinajstić information content (AvgIpc) is 3.24. The predicted octanol–water partition coefficient (Wildman–Crippen LogP) is 2.11.